The molecule has 5 aromatic rings. The molecule has 0 saturated carbocycles. The number of nitrogens with zero attached hydrogens (tertiary/aromatic N) is 4. The maximum absolute atomic E-state index is 12.6. The Kier molecular flexibility index (Phi) is 5.28. The van der Waals surface area contributed by atoms with Gasteiger partial charge in [-0.05, 0) is 30.0 Å². The molecule has 0 radical (unpaired) electrons. The summed E-state index contributed by atoms with van der Waals surface area (Å²) < 4.78 is 7.60. The molecule has 32 heavy (non-hydrogen) atoms. The van der Waals surface area contributed by atoms with Crippen molar-refractivity contribution in [2.75, 3.05) is 11.9 Å². The summed E-state index contributed by atoms with van der Waals surface area (Å²) in [5, 5.41) is 18.8. The predicted molar refractivity (Wildman–Crippen MR) is 126 cm³/mol. The Morgan fingerprint density at radius 2 is 1.94 bits per heavy atom. The summed E-state index contributed by atoms with van der Waals surface area (Å²) in [7, 11) is 0. The number of amides is 1. The SMILES string of the molecule is CCc1nnc2sc(-c3ccc(C)c(NC(=O)COc4cccc5ccccc45)c3)nn12. The fourth-order valence-electron chi connectivity index (χ4n) is 3.54. The second-order valence-corrected chi connectivity index (χ2v) is 8.37. The number of fused-ring (bicyclic) bond motifs is 2. The highest BCUT2D eigenvalue weighted by atomic mass is 32.1. The quantitative estimate of drug-likeness (QED) is 0.404. The summed E-state index contributed by atoms with van der Waals surface area (Å²) in [4.78, 5) is 13.4. The summed E-state index contributed by atoms with van der Waals surface area (Å²) >= 11 is 1.47. The van der Waals surface area contributed by atoms with E-state index in [-0.39, 0.29) is 12.5 Å². The molecule has 0 atom stereocenters. The Bertz CT molecular complexity index is 1430. The minimum Gasteiger partial charge on any atom is -0.483 e. The molecule has 0 unspecified atom stereocenters. The number of carbonyl (C=O) groups is 1. The van der Waals surface area contributed by atoms with Gasteiger partial charge in [-0.3, -0.25) is 4.79 Å². The normalized spacial score (nSPS) is 11.2. The lowest BCUT2D eigenvalue weighted by Gasteiger charge is -2.12. The maximum Gasteiger partial charge on any atom is 0.262 e. The van der Waals surface area contributed by atoms with Crippen LogP contribution in [0.25, 0.3) is 26.3 Å². The van der Waals surface area contributed by atoms with Gasteiger partial charge in [0.2, 0.25) is 4.96 Å². The number of nitrogens with one attached hydrogen (secondary N) is 1. The lowest BCUT2D eigenvalue weighted by Crippen LogP contribution is -2.20. The van der Waals surface area contributed by atoms with Gasteiger partial charge in [0.15, 0.2) is 12.4 Å². The molecule has 0 aliphatic heterocycles. The van der Waals surface area contributed by atoms with E-state index >= 15 is 0 Å². The van der Waals surface area contributed by atoms with E-state index in [0.29, 0.717) is 5.75 Å². The van der Waals surface area contributed by atoms with Gasteiger partial charge in [0.1, 0.15) is 10.8 Å². The zero-order valence-corrected chi connectivity index (χ0v) is 18.5. The zero-order chi connectivity index (χ0) is 22.1. The Morgan fingerprint density at radius 1 is 1.09 bits per heavy atom. The first-order valence-electron chi connectivity index (χ1n) is 10.3. The number of carbonyl (C=O) groups excluding carboxylic acids is 1. The van der Waals surface area contributed by atoms with Gasteiger partial charge in [-0.1, -0.05) is 66.8 Å². The number of aromatic nitrogens is 4. The second-order valence-electron chi connectivity index (χ2n) is 7.42. The Labute approximate surface area is 188 Å². The van der Waals surface area contributed by atoms with E-state index in [2.05, 4.69) is 20.6 Å². The highest BCUT2D eigenvalue weighted by Gasteiger charge is 2.14. The van der Waals surface area contributed by atoms with Crippen molar-refractivity contribution < 1.29 is 9.53 Å². The minimum atomic E-state index is -0.218. The van der Waals surface area contributed by atoms with Crippen molar-refractivity contribution in [1.82, 2.24) is 19.8 Å². The summed E-state index contributed by atoms with van der Waals surface area (Å²) in [5.74, 6) is 1.30. The molecular formula is C24H21N5O2S. The third-order valence-corrected chi connectivity index (χ3v) is 6.19. The van der Waals surface area contributed by atoms with Crippen LogP contribution in [-0.4, -0.2) is 32.3 Å². The van der Waals surface area contributed by atoms with Crippen molar-refractivity contribution in [2.24, 2.45) is 0 Å². The van der Waals surface area contributed by atoms with Crippen LogP contribution in [0.3, 0.4) is 0 Å². The van der Waals surface area contributed by atoms with Crippen LogP contribution in [0, 0.1) is 6.92 Å². The average Bonchev–Trinajstić information content (AvgIpc) is 3.40. The first kappa shape index (κ1) is 20.1. The van der Waals surface area contributed by atoms with Gasteiger partial charge in [-0.25, -0.2) is 0 Å². The molecule has 0 bridgehead atoms. The van der Waals surface area contributed by atoms with Crippen molar-refractivity contribution in [3.63, 3.8) is 0 Å². The number of rotatable bonds is 6. The van der Waals surface area contributed by atoms with Crippen LogP contribution in [0.2, 0.25) is 0 Å². The van der Waals surface area contributed by atoms with Crippen LogP contribution < -0.4 is 10.1 Å². The van der Waals surface area contributed by atoms with Gasteiger partial charge in [0.25, 0.3) is 5.91 Å². The standard InChI is InChI=1S/C24H21N5O2S/c1-3-21-26-27-24-29(21)28-23(32-24)17-12-11-15(2)19(13-17)25-22(30)14-31-20-10-6-8-16-7-4-5-9-18(16)20/h4-13H,3,14H2,1-2H3,(H,25,30). The summed E-state index contributed by atoms with van der Waals surface area (Å²) in [6.45, 7) is 3.91. The highest BCUT2D eigenvalue weighted by molar-refractivity contribution is 7.19. The molecule has 2 heterocycles. The van der Waals surface area contributed by atoms with Crippen molar-refractivity contribution in [2.45, 2.75) is 20.3 Å². The molecule has 5 rings (SSSR count). The molecule has 3 aromatic carbocycles. The summed E-state index contributed by atoms with van der Waals surface area (Å²) in [5.41, 5.74) is 2.61. The lowest BCUT2D eigenvalue weighted by molar-refractivity contribution is -0.118. The molecule has 8 heteroatoms. The van der Waals surface area contributed by atoms with Gasteiger partial charge in [0, 0.05) is 23.1 Å². The van der Waals surface area contributed by atoms with Crippen LogP contribution in [0.4, 0.5) is 5.69 Å². The largest absolute Gasteiger partial charge is 0.483 e. The second kappa shape index (κ2) is 8.39. The van der Waals surface area contributed by atoms with Crippen molar-refractivity contribution in [3.05, 3.63) is 72.1 Å². The topological polar surface area (TPSA) is 81.4 Å². The molecular weight excluding hydrogens is 422 g/mol. The van der Waals surface area contributed by atoms with E-state index in [1.54, 1.807) is 4.52 Å². The van der Waals surface area contributed by atoms with Gasteiger partial charge in [-0.15, -0.1) is 10.2 Å². The molecule has 0 fully saturated rings. The number of benzene rings is 3. The average molecular weight is 444 g/mol. The van der Waals surface area contributed by atoms with E-state index < -0.39 is 0 Å². The Morgan fingerprint density at radius 3 is 2.81 bits per heavy atom. The van der Waals surface area contributed by atoms with Gasteiger partial charge in [0.05, 0.1) is 0 Å². The molecule has 1 amide bonds. The molecule has 2 aromatic heterocycles. The van der Waals surface area contributed by atoms with Gasteiger partial charge in [-0.2, -0.15) is 9.61 Å². The molecule has 160 valence electrons. The van der Waals surface area contributed by atoms with Gasteiger partial charge < -0.3 is 10.1 Å². The monoisotopic (exact) mass is 443 g/mol. The third kappa shape index (κ3) is 3.80. The maximum atomic E-state index is 12.6. The number of hydrogen-bond donors (Lipinski definition) is 1. The van der Waals surface area contributed by atoms with Crippen LogP contribution in [0.5, 0.6) is 5.75 Å². The third-order valence-electron chi connectivity index (χ3n) is 5.24. The van der Waals surface area contributed by atoms with Crippen LogP contribution >= 0.6 is 11.3 Å². The van der Waals surface area contributed by atoms with Crippen molar-refractivity contribution >= 4 is 38.7 Å². The molecule has 0 aliphatic rings. The van der Waals surface area contributed by atoms with E-state index in [9.17, 15) is 4.79 Å². The number of hydrogen-bond acceptors (Lipinski definition) is 6. The smallest absolute Gasteiger partial charge is 0.262 e. The van der Waals surface area contributed by atoms with E-state index in [4.69, 9.17) is 4.74 Å². The first-order valence-corrected chi connectivity index (χ1v) is 11.2. The number of anilines is 1. The highest BCUT2D eigenvalue weighted by Crippen LogP contribution is 2.29. The molecule has 1 N–H and O–H groups in total. The van der Waals surface area contributed by atoms with Crippen molar-refractivity contribution in [3.8, 4) is 16.3 Å². The number of ether oxygens (including phenoxy) is 1. The lowest BCUT2D eigenvalue weighted by atomic mass is 10.1. The molecule has 0 spiro atoms. The minimum absolute atomic E-state index is 0.0751. The van der Waals surface area contributed by atoms with Crippen LogP contribution in [0.15, 0.2) is 60.7 Å². The Balaban J connectivity index is 1.33. The summed E-state index contributed by atoms with van der Waals surface area (Å²) in [6.07, 6.45) is 0.760. The van der Waals surface area contributed by atoms with Crippen LogP contribution in [-0.2, 0) is 11.2 Å². The number of aryl methyl sites for hydroxylation is 2. The van der Waals surface area contributed by atoms with E-state index in [0.717, 1.165) is 49.8 Å². The predicted octanol–water partition coefficient (Wildman–Crippen LogP) is 4.89. The van der Waals surface area contributed by atoms with E-state index in [1.807, 2.05) is 74.5 Å². The van der Waals surface area contributed by atoms with Crippen molar-refractivity contribution in [1.29, 1.82) is 0 Å². The van der Waals surface area contributed by atoms with Gasteiger partial charge >= 0.3 is 0 Å². The molecule has 0 aliphatic carbocycles. The fourth-order valence-corrected chi connectivity index (χ4v) is 4.39. The van der Waals surface area contributed by atoms with E-state index in [1.165, 1.54) is 11.3 Å². The summed E-state index contributed by atoms with van der Waals surface area (Å²) in [6, 6.07) is 19.7. The Hall–Kier alpha value is -3.78. The molecule has 7 nitrogen and oxygen atoms in total. The fraction of sp³-hybridized carbons (Fsp3) is 0.167. The van der Waals surface area contributed by atoms with Crippen LogP contribution in [0.1, 0.15) is 18.3 Å². The first-order chi connectivity index (χ1) is 15.6. The molecule has 0 saturated heterocycles. The zero-order valence-electron chi connectivity index (χ0n) is 17.7.